The summed E-state index contributed by atoms with van der Waals surface area (Å²) in [7, 11) is -3.19. The highest BCUT2D eigenvalue weighted by molar-refractivity contribution is 7.92. The Labute approximate surface area is 109 Å². The fraction of sp³-hybridized carbons (Fsp3) is 0.538. The highest BCUT2D eigenvalue weighted by atomic mass is 32.2. The Morgan fingerprint density at radius 1 is 1.28 bits per heavy atom. The summed E-state index contributed by atoms with van der Waals surface area (Å²) in [5.41, 5.74) is 1.84. The van der Waals surface area contributed by atoms with Gasteiger partial charge in [-0.1, -0.05) is 19.1 Å². The third-order valence-electron chi connectivity index (χ3n) is 3.28. The first-order chi connectivity index (χ1) is 8.44. The van der Waals surface area contributed by atoms with Gasteiger partial charge in [0.25, 0.3) is 0 Å². The van der Waals surface area contributed by atoms with Crippen LogP contribution in [0.5, 0.6) is 0 Å². The molecular formula is C13H20N2O2S. The first-order valence-electron chi connectivity index (χ1n) is 6.25. The molecule has 2 N–H and O–H groups in total. The molecule has 0 spiro atoms. The Morgan fingerprint density at radius 3 is 2.50 bits per heavy atom. The van der Waals surface area contributed by atoms with E-state index in [-0.39, 0.29) is 0 Å². The molecule has 1 aromatic rings. The zero-order chi connectivity index (χ0) is 13.2. The number of hydrogen-bond donors (Lipinski definition) is 2. The molecule has 0 amide bonds. The van der Waals surface area contributed by atoms with Gasteiger partial charge < -0.3 is 5.32 Å². The molecule has 4 nitrogen and oxygen atoms in total. The van der Waals surface area contributed by atoms with Crippen LogP contribution >= 0.6 is 0 Å². The van der Waals surface area contributed by atoms with E-state index in [4.69, 9.17) is 0 Å². The lowest BCUT2D eigenvalue weighted by atomic mass is 9.90. The van der Waals surface area contributed by atoms with Crippen LogP contribution in [0.4, 0.5) is 5.69 Å². The Morgan fingerprint density at radius 2 is 1.94 bits per heavy atom. The number of hydrogen-bond acceptors (Lipinski definition) is 3. The molecular weight excluding hydrogens is 248 g/mol. The van der Waals surface area contributed by atoms with Gasteiger partial charge in [0.15, 0.2) is 0 Å². The lowest BCUT2D eigenvalue weighted by Crippen LogP contribution is -2.30. The molecule has 0 aromatic heterocycles. The van der Waals surface area contributed by atoms with Crippen LogP contribution in [0.1, 0.15) is 31.4 Å². The standard InChI is InChI=1S/C13H20N2O2S/c1-10-7-8-14-13(9-10)11-3-5-12(6-4-11)15-18(2,16)17/h3-6,10,13-15H,7-9H2,1-2H3. The summed E-state index contributed by atoms with van der Waals surface area (Å²) in [5.74, 6) is 0.741. The number of anilines is 1. The summed E-state index contributed by atoms with van der Waals surface area (Å²) < 4.78 is 24.7. The highest BCUT2D eigenvalue weighted by Gasteiger charge is 2.19. The van der Waals surface area contributed by atoms with Crippen molar-refractivity contribution in [3.05, 3.63) is 29.8 Å². The fourth-order valence-electron chi connectivity index (χ4n) is 2.36. The minimum atomic E-state index is -3.19. The second-order valence-electron chi connectivity index (χ2n) is 5.13. The lowest BCUT2D eigenvalue weighted by molar-refractivity contribution is 0.325. The van der Waals surface area contributed by atoms with E-state index in [0.29, 0.717) is 11.7 Å². The topological polar surface area (TPSA) is 58.2 Å². The van der Waals surface area contributed by atoms with Crippen molar-refractivity contribution in [2.24, 2.45) is 5.92 Å². The van der Waals surface area contributed by atoms with Gasteiger partial charge in [-0.25, -0.2) is 8.42 Å². The molecule has 1 fully saturated rings. The maximum atomic E-state index is 11.1. The average Bonchev–Trinajstić information content (AvgIpc) is 2.28. The number of sulfonamides is 1. The van der Waals surface area contributed by atoms with Gasteiger partial charge in [0.1, 0.15) is 0 Å². The summed E-state index contributed by atoms with van der Waals surface area (Å²) in [4.78, 5) is 0. The zero-order valence-electron chi connectivity index (χ0n) is 10.8. The van der Waals surface area contributed by atoms with E-state index in [9.17, 15) is 8.42 Å². The van der Waals surface area contributed by atoms with E-state index in [1.54, 1.807) is 0 Å². The van der Waals surface area contributed by atoms with E-state index < -0.39 is 10.0 Å². The normalized spacial score (nSPS) is 24.8. The molecule has 2 unspecified atom stereocenters. The molecule has 100 valence electrons. The Kier molecular flexibility index (Phi) is 3.92. The van der Waals surface area contributed by atoms with Crippen molar-refractivity contribution in [2.75, 3.05) is 17.5 Å². The minimum Gasteiger partial charge on any atom is -0.310 e. The van der Waals surface area contributed by atoms with E-state index >= 15 is 0 Å². The van der Waals surface area contributed by atoms with Crippen molar-refractivity contribution >= 4 is 15.7 Å². The zero-order valence-corrected chi connectivity index (χ0v) is 11.6. The molecule has 1 aliphatic heterocycles. The average molecular weight is 268 g/mol. The Balaban J connectivity index is 2.07. The van der Waals surface area contributed by atoms with E-state index in [2.05, 4.69) is 17.0 Å². The Hall–Kier alpha value is -1.07. The van der Waals surface area contributed by atoms with E-state index in [1.165, 1.54) is 12.0 Å². The van der Waals surface area contributed by atoms with Crippen molar-refractivity contribution in [1.82, 2.24) is 5.32 Å². The summed E-state index contributed by atoms with van der Waals surface area (Å²) in [6.07, 6.45) is 3.52. The van der Waals surface area contributed by atoms with Crippen molar-refractivity contribution in [2.45, 2.75) is 25.8 Å². The van der Waals surface area contributed by atoms with Gasteiger partial charge >= 0.3 is 0 Å². The minimum absolute atomic E-state index is 0.390. The smallest absolute Gasteiger partial charge is 0.229 e. The SMILES string of the molecule is CC1CCNC(c2ccc(NS(C)(=O)=O)cc2)C1. The highest BCUT2D eigenvalue weighted by Crippen LogP contribution is 2.27. The molecule has 0 radical (unpaired) electrons. The first-order valence-corrected chi connectivity index (χ1v) is 8.14. The quantitative estimate of drug-likeness (QED) is 0.883. The van der Waals surface area contributed by atoms with Gasteiger partial charge in [-0.05, 0) is 43.0 Å². The molecule has 0 bridgehead atoms. The molecule has 1 aliphatic rings. The van der Waals surface area contributed by atoms with Crippen LogP contribution in [-0.4, -0.2) is 21.2 Å². The van der Waals surface area contributed by atoms with E-state index in [1.807, 2.05) is 24.3 Å². The summed E-state index contributed by atoms with van der Waals surface area (Å²) in [6.45, 7) is 3.32. The molecule has 5 heteroatoms. The van der Waals surface area contributed by atoms with Gasteiger partial charge in [-0.3, -0.25) is 4.72 Å². The van der Waals surface area contributed by atoms with Gasteiger partial charge in [0.05, 0.1) is 6.26 Å². The van der Waals surface area contributed by atoms with Crippen molar-refractivity contribution in [3.8, 4) is 0 Å². The van der Waals surface area contributed by atoms with Gasteiger partial charge in [0, 0.05) is 11.7 Å². The predicted molar refractivity (Wildman–Crippen MR) is 74.1 cm³/mol. The summed E-state index contributed by atoms with van der Waals surface area (Å²) in [6, 6.07) is 8.00. The fourth-order valence-corrected chi connectivity index (χ4v) is 2.92. The maximum absolute atomic E-state index is 11.1. The van der Waals surface area contributed by atoms with Crippen molar-refractivity contribution < 1.29 is 8.42 Å². The van der Waals surface area contributed by atoms with Crippen LogP contribution in [0.25, 0.3) is 0 Å². The van der Waals surface area contributed by atoms with Crippen LogP contribution in [0.15, 0.2) is 24.3 Å². The molecule has 2 atom stereocenters. The number of piperidine rings is 1. The van der Waals surface area contributed by atoms with Crippen LogP contribution in [-0.2, 0) is 10.0 Å². The molecule has 1 aromatic carbocycles. The lowest BCUT2D eigenvalue weighted by Gasteiger charge is -2.28. The van der Waals surface area contributed by atoms with Crippen LogP contribution in [0.3, 0.4) is 0 Å². The number of rotatable bonds is 3. The van der Waals surface area contributed by atoms with Crippen molar-refractivity contribution in [3.63, 3.8) is 0 Å². The van der Waals surface area contributed by atoms with E-state index in [0.717, 1.165) is 25.1 Å². The maximum Gasteiger partial charge on any atom is 0.229 e. The molecule has 1 heterocycles. The number of nitrogens with one attached hydrogen (secondary N) is 2. The largest absolute Gasteiger partial charge is 0.310 e. The first kappa shape index (κ1) is 13.4. The van der Waals surface area contributed by atoms with Gasteiger partial charge in [-0.2, -0.15) is 0 Å². The van der Waals surface area contributed by atoms with Gasteiger partial charge in [-0.15, -0.1) is 0 Å². The van der Waals surface area contributed by atoms with Crippen LogP contribution in [0, 0.1) is 5.92 Å². The summed E-state index contributed by atoms with van der Waals surface area (Å²) in [5, 5.41) is 3.49. The second-order valence-corrected chi connectivity index (χ2v) is 6.88. The van der Waals surface area contributed by atoms with Crippen LogP contribution in [0.2, 0.25) is 0 Å². The summed E-state index contributed by atoms with van der Waals surface area (Å²) >= 11 is 0. The molecule has 18 heavy (non-hydrogen) atoms. The Bertz CT molecular complexity index is 496. The molecule has 0 aliphatic carbocycles. The molecule has 2 rings (SSSR count). The third-order valence-corrected chi connectivity index (χ3v) is 3.89. The second kappa shape index (κ2) is 5.28. The monoisotopic (exact) mass is 268 g/mol. The van der Waals surface area contributed by atoms with Gasteiger partial charge in [0.2, 0.25) is 10.0 Å². The van der Waals surface area contributed by atoms with Crippen LogP contribution < -0.4 is 10.0 Å². The predicted octanol–water partition coefficient (Wildman–Crippen LogP) is 2.12. The van der Waals surface area contributed by atoms with Crippen molar-refractivity contribution in [1.29, 1.82) is 0 Å². The number of benzene rings is 1. The molecule has 0 saturated carbocycles. The molecule has 1 saturated heterocycles. The third kappa shape index (κ3) is 3.71.